The van der Waals surface area contributed by atoms with Crippen LogP contribution >= 0.6 is 0 Å². The van der Waals surface area contributed by atoms with E-state index in [0.29, 0.717) is 0 Å². The van der Waals surface area contributed by atoms with Gasteiger partial charge in [-0.2, -0.15) is 5.10 Å². The van der Waals surface area contributed by atoms with Gasteiger partial charge in [0.25, 0.3) is 5.09 Å². The summed E-state index contributed by atoms with van der Waals surface area (Å²) in [6.45, 7) is 3.95. The number of aromatic amines is 1. The Bertz CT molecular complexity index is 252. The van der Waals surface area contributed by atoms with Crippen LogP contribution in [0.5, 0.6) is 0 Å². The molecule has 5 N–H and O–H groups in total. The molecule has 8 nitrogen and oxygen atoms in total. The zero-order valence-corrected chi connectivity index (χ0v) is 7.89. The Hall–Kier alpha value is -2.12. The van der Waals surface area contributed by atoms with Gasteiger partial charge >= 0.3 is 0 Å². The smallest absolute Gasteiger partial charge is 0.291 e. The van der Waals surface area contributed by atoms with Crippen molar-refractivity contribution in [2.24, 2.45) is 5.73 Å². The van der Waals surface area contributed by atoms with Crippen LogP contribution in [-0.4, -0.2) is 26.8 Å². The normalized spacial score (nSPS) is 7.29. The number of H-pyrrole nitrogens is 1. The van der Waals surface area contributed by atoms with Crippen molar-refractivity contribution in [1.82, 2.24) is 10.2 Å². The van der Waals surface area contributed by atoms with Crippen LogP contribution in [0.2, 0.25) is 0 Å². The van der Waals surface area contributed by atoms with Gasteiger partial charge < -0.3 is 10.9 Å². The predicted octanol–water partition coefficient (Wildman–Crippen LogP) is 0.231. The lowest BCUT2D eigenvalue weighted by Crippen LogP contribution is -1.81. The highest BCUT2D eigenvalue weighted by molar-refractivity contribution is 5.46. The van der Waals surface area contributed by atoms with E-state index in [4.69, 9.17) is 20.7 Å². The minimum Gasteiger partial charge on any atom is -0.390 e. The average molecular weight is 203 g/mol. The van der Waals surface area contributed by atoms with E-state index in [-0.39, 0.29) is 0 Å². The fourth-order valence-electron chi connectivity index (χ4n) is 0.554. The Morgan fingerprint density at radius 3 is 2.21 bits per heavy atom. The van der Waals surface area contributed by atoms with Gasteiger partial charge in [0.05, 0.1) is 12.0 Å². The van der Waals surface area contributed by atoms with E-state index in [0.717, 1.165) is 17.7 Å². The van der Waals surface area contributed by atoms with Crippen LogP contribution in [0.15, 0.2) is 6.07 Å². The summed E-state index contributed by atoms with van der Waals surface area (Å²) in [5, 5.41) is 26.2. The van der Waals surface area contributed by atoms with E-state index in [9.17, 15) is 0 Å². The van der Waals surface area contributed by atoms with Gasteiger partial charge in [0.1, 0.15) is 0 Å². The van der Waals surface area contributed by atoms with Crippen LogP contribution in [0.4, 0.5) is 0 Å². The van der Waals surface area contributed by atoms with E-state index in [1.807, 2.05) is 19.9 Å². The second kappa shape index (κ2) is 8.97. The van der Waals surface area contributed by atoms with Crippen molar-refractivity contribution in [2.45, 2.75) is 13.8 Å². The van der Waals surface area contributed by atoms with Gasteiger partial charge in [-0.1, -0.05) is 0 Å². The minimum atomic E-state index is -1.50. The van der Waals surface area contributed by atoms with E-state index >= 15 is 0 Å². The van der Waals surface area contributed by atoms with Crippen LogP contribution in [-0.2, 0) is 0 Å². The molecule has 8 heteroatoms. The van der Waals surface area contributed by atoms with Crippen molar-refractivity contribution in [1.29, 1.82) is 5.41 Å². The maximum absolute atomic E-state index is 8.36. The SMILES string of the molecule is Cc1cc(C)[nH]n1.N=CN.O=[N+]([O-])O. The van der Waals surface area contributed by atoms with Crippen molar-refractivity contribution in [3.8, 4) is 0 Å². The summed E-state index contributed by atoms with van der Waals surface area (Å²) in [5.41, 5.74) is 6.56. The number of hydrogen-bond acceptors (Lipinski definition) is 4. The highest BCUT2D eigenvalue weighted by atomic mass is 16.9. The Morgan fingerprint density at radius 2 is 2.14 bits per heavy atom. The second-order valence-electron chi connectivity index (χ2n) is 2.10. The minimum absolute atomic E-state index is 0.750. The number of nitrogens with one attached hydrogen (secondary N) is 2. The summed E-state index contributed by atoms with van der Waals surface area (Å²) in [6, 6.07) is 2.00. The summed E-state index contributed by atoms with van der Waals surface area (Å²) < 4.78 is 0. The third kappa shape index (κ3) is 16.5. The molecule has 0 aliphatic rings. The van der Waals surface area contributed by atoms with Crippen molar-refractivity contribution < 1.29 is 10.3 Å². The molecule has 1 aromatic rings. The van der Waals surface area contributed by atoms with Gasteiger partial charge in [-0.05, 0) is 19.9 Å². The number of aryl methyl sites for hydroxylation is 2. The van der Waals surface area contributed by atoms with Gasteiger partial charge in [0.2, 0.25) is 0 Å². The summed E-state index contributed by atoms with van der Waals surface area (Å²) in [7, 11) is 0. The molecule has 0 saturated heterocycles. The third-order valence-corrected chi connectivity index (χ3v) is 0.834. The fraction of sp³-hybridized carbons (Fsp3) is 0.333. The molecule has 0 bridgehead atoms. The van der Waals surface area contributed by atoms with E-state index in [2.05, 4.69) is 15.9 Å². The van der Waals surface area contributed by atoms with Crippen LogP contribution in [0, 0.1) is 29.4 Å². The average Bonchev–Trinajstić information content (AvgIpc) is 2.34. The molecule has 0 atom stereocenters. The molecule has 0 fully saturated rings. The standard InChI is InChI=1S/C5H8N2.CH4N2.HNO3/c1-4-3-5(2)7-6-4;2-1-3;2-1(3)4/h3H,1-2H3,(H,6,7);1H,(H3,2,3);(H,2,3,4). The van der Waals surface area contributed by atoms with E-state index in [1.54, 1.807) is 0 Å². The molecule has 0 aliphatic carbocycles. The predicted molar refractivity (Wildman–Crippen MR) is 49.8 cm³/mol. The van der Waals surface area contributed by atoms with Gasteiger partial charge in [-0.25, -0.2) is 0 Å². The molecule has 0 aliphatic heterocycles. The molecule has 0 radical (unpaired) electrons. The third-order valence-electron chi connectivity index (χ3n) is 0.834. The van der Waals surface area contributed by atoms with Gasteiger partial charge in [-0.15, -0.1) is 10.1 Å². The monoisotopic (exact) mass is 203 g/mol. The van der Waals surface area contributed by atoms with Crippen LogP contribution in [0.3, 0.4) is 0 Å². The largest absolute Gasteiger partial charge is 0.390 e. The number of aromatic nitrogens is 2. The van der Waals surface area contributed by atoms with E-state index in [1.165, 1.54) is 0 Å². The number of rotatable bonds is 0. The maximum atomic E-state index is 8.36. The fourth-order valence-corrected chi connectivity index (χ4v) is 0.554. The lowest BCUT2D eigenvalue weighted by molar-refractivity contribution is -0.742. The van der Waals surface area contributed by atoms with Crippen LogP contribution < -0.4 is 5.73 Å². The molecule has 0 spiro atoms. The molecular weight excluding hydrogens is 190 g/mol. The van der Waals surface area contributed by atoms with Crippen molar-refractivity contribution in [3.05, 3.63) is 27.6 Å². The Kier molecular flexibility index (Phi) is 9.23. The molecule has 14 heavy (non-hydrogen) atoms. The highest BCUT2D eigenvalue weighted by Gasteiger charge is 1.84. The van der Waals surface area contributed by atoms with Gasteiger partial charge in [0, 0.05) is 5.69 Å². The van der Waals surface area contributed by atoms with Gasteiger partial charge in [-0.3, -0.25) is 10.5 Å². The van der Waals surface area contributed by atoms with Crippen LogP contribution in [0.25, 0.3) is 0 Å². The van der Waals surface area contributed by atoms with Crippen LogP contribution in [0.1, 0.15) is 11.4 Å². The molecule has 1 heterocycles. The number of hydrogen-bond donors (Lipinski definition) is 4. The van der Waals surface area contributed by atoms with Crippen molar-refractivity contribution in [3.63, 3.8) is 0 Å². The molecule has 1 aromatic heterocycles. The van der Waals surface area contributed by atoms with Crippen molar-refractivity contribution >= 4 is 6.34 Å². The lowest BCUT2D eigenvalue weighted by atomic mass is 10.4. The first kappa shape index (κ1) is 14.4. The Labute approximate surface area is 80.4 Å². The Morgan fingerprint density at radius 1 is 1.79 bits per heavy atom. The first-order chi connectivity index (χ1) is 6.43. The number of nitrogens with zero attached hydrogens (tertiary/aromatic N) is 2. The molecule has 0 aromatic carbocycles. The zero-order chi connectivity index (χ0) is 11.6. The molecule has 0 amide bonds. The molecular formula is C6H13N5O3. The quantitative estimate of drug-likeness (QED) is 0.206. The summed E-state index contributed by atoms with van der Waals surface area (Å²) in [4.78, 5) is 8.36. The number of nitrogens with two attached hydrogens (primary N) is 1. The Balaban J connectivity index is 0. The second-order valence-corrected chi connectivity index (χ2v) is 2.10. The summed E-state index contributed by atoms with van der Waals surface area (Å²) in [5.74, 6) is 0. The first-order valence-electron chi connectivity index (χ1n) is 3.46. The molecule has 0 unspecified atom stereocenters. The van der Waals surface area contributed by atoms with E-state index < -0.39 is 5.09 Å². The molecule has 80 valence electrons. The molecule has 0 saturated carbocycles. The lowest BCUT2D eigenvalue weighted by Gasteiger charge is -1.68. The van der Waals surface area contributed by atoms with Crippen molar-refractivity contribution in [2.75, 3.05) is 0 Å². The zero-order valence-electron chi connectivity index (χ0n) is 7.89. The first-order valence-corrected chi connectivity index (χ1v) is 3.46. The summed E-state index contributed by atoms with van der Waals surface area (Å²) >= 11 is 0. The summed E-state index contributed by atoms with van der Waals surface area (Å²) in [6.07, 6.45) is 0.750. The maximum Gasteiger partial charge on any atom is 0.291 e. The topological polar surface area (TPSA) is 142 Å². The van der Waals surface area contributed by atoms with Gasteiger partial charge in [0.15, 0.2) is 0 Å². The molecule has 1 rings (SSSR count). The highest BCUT2D eigenvalue weighted by Crippen LogP contribution is 1.92.